The molecule has 0 unspecified atom stereocenters. The van der Waals surface area contributed by atoms with Crippen molar-refractivity contribution in [1.82, 2.24) is 25.1 Å². The van der Waals surface area contributed by atoms with Gasteiger partial charge in [-0.05, 0) is 62.1 Å². The molecule has 1 atom stereocenters. The number of aromatic nitrogens is 2. The average Bonchev–Trinajstić information content (AvgIpc) is 3.33. The second-order valence-electron chi connectivity index (χ2n) is 9.04. The molecule has 3 aromatic rings. The van der Waals surface area contributed by atoms with E-state index in [4.69, 9.17) is 17.0 Å². The monoisotopic (exact) mass is 555 g/mol. The quantitative estimate of drug-likeness (QED) is 0.378. The van der Waals surface area contributed by atoms with E-state index >= 15 is 0 Å². The molecule has 204 valence electrons. The number of likely N-dealkylation sites (tertiary alicyclic amines) is 1. The number of likely N-dealkylation sites (N-methyl/N-ethyl adjacent to an activating group) is 2. The molecule has 0 bridgehead atoms. The first-order valence-corrected chi connectivity index (χ1v) is 12.4. The first kappa shape index (κ1) is 27.8. The Morgan fingerprint density at radius 1 is 1.13 bits per heavy atom. The zero-order valence-electron chi connectivity index (χ0n) is 21.3. The van der Waals surface area contributed by atoms with E-state index in [9.17, 15) is 18.4 Å². The molecule has 1 aliphatic rings. The third-order valence-corrected chi connectivity index (χ3v) is 6.25. The van der Waals surface area contributed by atoms with Crippen LogP contribution < -0.4 is 20.7 Å². The van der Waals surface area contributed by atoms with E-state index in [-0.39, 0.29) is 46.7 Å². The van der Waals surface area contributed by atoms with E-state index in [0.717, 1.165) is 25.6 Å². The molecule has 0 spiro atoms. The highest BCUT2D eigenvalue weighted by Crippen LogP contribution is 2.26. The standard InChI is InChI=1S/C26H27F2N7O3S/c1-34-10-9-19(14-34)35(2)26(37)32-22-13-24(30-15-29-22)38-21-8-7-18(12-20(21)28)31-25(39)33-23(36)11-16-3-5-17(27)6-4-16/h3-8,12-13,15,19H,9-11,14H2,1-2H3,(H,29,30,32,37)(H2,31,33,36,39)/t19-/m1/s1. The van der Waals surface area contributed by atoms with Crippen LogP contribution in [0.1, 0.15) is 12.0 Å². The highest BCUT2D eigenvalue weighted by Gasteiger charge is 2.26. The molecule has 3 N–H and O–H groups in total. The minimum atomic E-state index is -0.713. The van der Waals surface area contributed by atoms with Gasteiger partial charge in [-0.15, -0.1) is 0 Å². The SMILES string of the molecule is CN1CC[C@@H](N(C)C(=O)Nc2cc(Oc3ccc(NC(=S)NC(=O)Cc4ccc(F)cc4)cc3F)ncn2)C1. The second-order valence-corrected chi connectivity index (χ2v) is 9.45. The number of hydrogen-bond donors (Lipinski definition) is 3. The number of urea groups is 1. The molecule has 1 saturated heterocycles. The summed E-state index contributed by atoms with van der Waals surface area (Å²) < 4.78 is 33.3. The van der Waals surface area contributed by atoms with Crippen molar-refractivity contribution in [3.8, 4) is 11.6 Å². The van der Waals surface area contributed by atoms with E-state index < -0.39 is 17.5 Å². The summed E-state index contributed by atoms with van der Waals surface area (Å²) in [7, 11) is 3.73. The molecule has 39 heavy (non-hydrogen) atoms. The third kappa shape index (κ3) is 7.88. The number of nitrogens with one attached hydrogen (secondary N) is 3. The normalized spacial score (nSPS) is 14.9. The first-order chi connectivity index (χ1) is 18.7. The fourth-order valence-corrected chi connectivity index (χ4v) is 4.18. The van der Waals surface area contributed by atoms with Crippen molar-refractivity contribution in [3.63, 3.8) is 0 Å². The fourth-order valence-electron chi connectivity index (χ4n) is 3.95. The number of rotatable bonds is 7. The van der Waals surface area contributed by atoms with Crippen molar-refractivity contribution in [2.24, 2.45) is 0 Å². The zero-order valence-corrected chi connectivity index (χ0v) is 22.1. The number of nitrogens with zero attached hydrogens (tertiary/aromatic N) is 4. The van der Waals surface area contributed by atoms with Crippen LogP contribution in [0.2, 0.25) is 0 Å². The maximum absolute atomic E-state index is 14.7. The second kappa shape index (κ2) is 12.5. The average molecular weight is 556 g/mol. The number of ether oxygens (including phenoxy) is 1. The van der Waals surface area contributed by atoms with Gasteiger partial charge in [0.1, 0.15) is 18.0 Å². The molecule has 0 saturated carbocycles. The van der Waals surface area contributed by atoms with Gasteiger partial charge in [0.25, 0.3) is 0 Å². The van der Waals surface area contributed by atoms with Crippen molar-refractivity contribution >= 4 is 40.8 Å². The Bertz CT molecular complexity index is 1360. The molecule has 1 fully saturated rings. The summed E-state index contributed by atoms with van der Waals surface area (Å²) >= 11 is 5.12. The lowest BCUT2D eigenvalue weighted by Gasteiger charge is -2.24. The number of carbonyl (C=O) groups excluding carboxylic acids is 2. The van der Waals surface area contributed by atoms with Crippen LogP contribution in [0.3, 0.4) is 0 Å². The van der Waals surface area contributed by atoms with Gasteiger partial charge in [0.05, 0.1) is 6.42 Å². The fraction of sp³-hybridized carbons (Fsp3) is 0.269. The summed E-state index contributed by atoms with van der Waals surface area (Å²) in [4.78, 5) is 36.6. The smallest absolute Gasteiger partial charge is 0.323 e. The van der Waals surface area contributed by atoms with Gasteiger partial charge in [-0.1, -0.05) is 12.1 Å². The predicted molar refractivity (Wildman–Crippen MR) is 146 cm³/mol. The Hall–Kier alpha value is -4.23. The van der Waals surface area contributed by atoms with Crippen LogP contribution in [-0.4, -0.2) is 70.0 Å². The predicted octanol–water partition coefficient (Wildman–Crippen LogP) is 3.77. The van der Waals surface area contributed by atoms with E-state index in [2.05, 4.69) is 30.8 Å². The molecule has 0 radical (unpaired) electrons. The summed E-state index contributed by atoms with van der Waals surface area (Å²) in [5.74, 6) is -1.39. The third-order valence-electron chi connectivity index (χ3n) is 6.05. The molecule has 13 heteroatoms. The van der Waals surface area contributed by atoms with Gasteiger partial charge < -0.3 is 25.2 Å². The number of halogens is 2. The molecule has 10 nitrogen and oxygen atoms in total. The summed E-state index contributed by atoms with van der Waals surface area (Å²) in [5.41, 5.74) is 0.897. The lowest BCUT2D eigenvalue weighted by Crippen LogP contribution is -2.41. The molecule has 2 aromatic carbocycles. The van der Waals surface area contributed by atoms with Crippen molar-refractivity contribution < 1.29 is 23.1 Å². The van der Waals surface area contributed by atoms with Crippen LogP contribution in [0.4, 0.5) is 25.1 Å². The maximum atomic E-state index is 14.7. The van der Waals surface area contributed by atoms with E-state index in [1.807, 2.05) is 7.05 Å². The Morgan fingerprint density at radius 2 is 1.90 bits per heavy atom. The van der Waals surface area contributed by atoms with Crippen molar-refractivity contribution in [3.05, 3.63) is 72.1 Å². The van der Waals surface area contributed by atoms with Crippen LogP contribution in [0.25, 0.3) is 0 Å². The minimum Gasteiger partial charge on any atom is -0.436 e. The minimum absolute atomic E-state index is 0.00116. The zero-order chi connectivity index (χ0) is 27.9. The van der Waals surface area contributed by atoms with Gasteiger partial charge in [-0.2, -0.15) is 0 Å². The number of anilines is 2. The van der Waals surface area contributed by atoms with Crippen LogP contribution in [0.5, 0.6) is 11.6 Å². The van der Waals surface area contributed by atoms with Crippen LogP contribution in [0.15, 0.2) is 54.9 Å². The highest BCUT2D eigenvalue weighted by molar-refractivity contribution is 7.80. The summed E-state index contributed by atoms with van der Waals surface area (Å²) in [6.45, 7) is 1.71. The number of thiocarbonyl (C=S) groups is 1. The van der Waals surface area contributed by atoms with Crippen LogP contribution in [0, 0.1) is 11.6 Å². The molecule has 3 amide bonds. The van der Waals surface area contributed by atoms with E-state index in [0.29, 0.717) is 5.56 Å². The molecule has 0 aliphatic carbocycles. The number of amides is 3. The molecular weight excluding hydrogens is 528 g/mol. The van der Waals surface area contributed by atoms with Gasteiger partial charge in [0.15, 0.2) is 16.7 Å². The van der Waals surface area contributed by atoms with Gasteiger partial charge >= 0.3 is 6.03 Å². The lowest BCUT2D eigenvalue weighted by molar-refractivity contribution is -0.119. The number of carbonyl (C=O) groups is 2. The number of benzene rings is 2. The van der Waals surface area contributed by atoms with Crippen LogP contribution >= 0.6 is 12.2 Å². The van der Waals surface area contributed by atoms with Crippen molar-refractivity contribution in [2.45, 2.75) is 18.9 Å². The first-order valence-electron chi connectivity index (χ1n) is 12.0. The van der Waals surface area contributed by atoms with Gasteiger partial charge in [-0.25, -0.2) is 23.5 Å². The number of hydrogen-bond acceptors (Lipinski definition) is 7. The van der Waals surface area contributed by atoms with Gasteiger partial charge in [-0.3, -0.25) is 10.1 Å². The van der Waals surface area contributed by atoms with Crippen molar-refractivity contribution in [2.75, 3.05) is 37.8 Å². The van der Waals surface area contributed by atoms with Gasteiger partial charge in [0.2, 0.25) is 11.8 Å². The maximum Gasteiger partial charge on any atom is 0.323 e. The molecule has 1 aliphatic heterocycles. The topological polar surface area (TPSA) is 112 Å². The Kier molecular flexibility index (Phi) is 8.94. The Morgan fingerprint density at radius 3 is 2.59 bits per heavy atom. The molecule has 4 rings (SSSR count). The van der Waals surface area contributed by atoms with Crippen LogP contribution in [-0.2, 0) is 11.2 Å². The molecule has 1 aromatic heterocycles. The van der Waals surface area contributed by atoms with Gasteiger partial charge in [0, 0.05) is 37.5 Å². The van der Waals surface area contributed by atoms with E-state index in [1.54, 1.807) is 11.9 Å². The lowest BCUT2D eigenvalue weighted by atomic mass is 10.1. The largest absolute Gasteiger partial charge is 0.436 e. The highest BCUT2D eigenvalue weighted by atomic mass is 32.1. The molecular formula is C26H27F2N7O3S. The summed E-state index contributed by atoms with van der Waals surface area (Å²) in [5, 5.41) is 7.90. The van der Waals surface area contributed by atoms with E-state index in [1.165, 1.54) is 48.8 Å². The molecule has 2 heterocycles. The summed E-state index contributed by atoms with van der Waals surface area (Å²) in [6, 6.07) is 10.7. The Labute approximate surface area is 229 Å². The van der Waals surface area contributed by atoms with Crippen molar-refractivity contribution in [1.29, 1.82) is 0 Å². The Balaban J connectivity index is 1.30. The summed E-state index contributed by atoms with van der Waals surface area (Å²) in [6.07, 6.45) is 2.09.